The Morgan fingerprint density at radius 1 is 1.12 bits per heavy atom. The number of carbonyl (C=O) groups excluding carboxylic acids is 2. The molecule has 0 bridgehead atoms. The number of allylic oxidation sites excluding steroid dienone is 1. The highest BCUT2D eigenvalue weighted by molar-refractivity contribution is 7.99. The SMILES string of the molecule is O=C1C(=O)c2ccccc2C=C1SOOO. The molecule has 0 unspecified atom stereocenters. The largest absolute Gasteiger partial charge is 0.285 e. The summed E-state index contributed by atoms with van der Waals surface area (Å²) >= 11 is 0.491. The van der Waals surface area contributed by atoms with Crippen LogP contribution in [-0.2, 0) is 14.2 Å². The van der Waals surface area contributed by atoms with Gasteiger partial charge in [0.2, 0.25) is 11.6 Å². The lowest BCUT2D eigenvalue weighted by Gasteiger charge is -2.11. The molecule has 0 amide bonds. The Hall–Kier alpha value is -1.47. The van der Waals surface area contributed by atoms with Crippen molar-refractivity contribution in [3.63, 3.8) is 0 Å². The molecule has 0 saturated carbocycles. The summed E-state index contributed by atoms with van der Waals surface area (Å²) in [4.78, 5) is 23.2. The standard InChI is InChI=1S/C10H6O5S/c11-9-7-4-2-1-3-6(7)5-8(10(9)12)16-15-14-13/h1-5,13H. The molecular formula is C10H6O5S. The first-order valence-electron chi connectivity index (χ1n) is 4.28. The second kappa shape index (κ2) is 4.58. The third-order valence-corrected chi connectivity index (χ3v) is 2.69. The summed E-state index contributed by atoms with van der Waals surface area (Å²) in [6.45, 7) is 0. The first kappa shape index (κ1) is 11.0. The van der Waals surface area contributed by atoms with Gasteiger partial charge in [0.05, 0.1) is 16.9 Å². The molecule has 5 nitrogen and oxygen atoms in total. The molecule has 6 heteroatoms. The van der Waals surface area contributed by atoms with Gasteiger partial charge < -0.3 is 0 Å². The maximum atomic E-state index is 11.6. The molecule has 1 aromatic rings. The zero-order valence-electron chi connectivity index (χ0n) is 7.88. The minimum Gasteiger partial charge on any atom is -0.285 e. The summed E-state index contributed by atoms with van der Waals surface area (Å²) in [6.07, 6.45) is 1.50. The maximum Gasteiger partial charge on any atom is 0.242 e. The molecule has 0 spiro atoms. The number of Topliss-reactive ketones (excluding diaryl/α,β-unsaturated/α-hetero) is 2. The van der Waals surface area contributed by atoms with Gasteiger partial charge in [-0.25, -0.2) is 5.26 Å². The first-order chi connectivity index (χ1) is 7.74. The molecule has 0 aliphatic heterocycles. The topological polar surface area (TPSA) is 72.8 Å². The zero-order valence-corrected chi connectivity index (χ0v) is 8.69. The Morgan fingerprint density at radius 2 is 1.88 bits per heavy atom. The highest BCUT2D eigenvalue weighted by atomic mass is 32.2. The molecule has 0 aromatic heterocycles. The van der Waals surface area contributed by atoms with Gasteiger partial charge in [-0.1, -0.05) is 29.3 Å². The van der Waals surface area contributed by atoms with Crippen molar-refractivity contribution in [3.05, 3.63) is 40.3 Å². The van der Waals surface area contributed by atoms with E-state index in [1.807, 2.05) is 0 Å². The van der Waals surface area contributed by atoms with E-state index < -0.39 is 11.6 Å². The quantitative estimate of drug-likeness (QED) is 0.375. The second-order valence-corrected chi connectivity index (χ2v) is 3.72. The molecule has 1 N–H and O–H groups in total. The van der Waals surface area contributed by atoms with E-state index in [-0.39, 0.29) is 4.91 Å². The average Bonchev–Trinajstić information content (AvgIpc) is 2.32. The minimum absolute atomic E-state index is 0.0674. The van der Waals surface area contributed by atoms with Crippen LogP contribution in [0.25, 0.3) is 6.08 Å². The Balaban J connectivity index is 2.39. The maximum absolute atomic E-state index is 11.6. The minimum atomic E-state index is -0.680. The predicted octanol–water partition coefficient (Wildman–Crippen LogP) is 1.86. The van der Waals surface area contributed by atoms with E-state index in [1.54, 1.807) is 24.3 Å². The van der Waals surface area contributed by atoms with Gasteiger partial charge in [0.25, 0.3) is 0 Å². The molecule has 0 saturated heterocycles. The fraction of sp³-hybridized carbons (Fsp3) is 0. The van der Waals surface area contributed by atoms with Crippen LogP contribution in [0.2, 0.25) is 0 Å². The van der Waals surface area contributed by atoms with Gasteiger partial charge in [-0.15, -0.1) is 4.33 Å². The van der Waals surface area contributed by atoms with Gasteiger partial charge in [0.15, 0.2) is 0 Å². The van der Waals surface area contributed by atoms with E-state index in [9.17, 15) is 9.59 Å². The molecule has 0 heterocycles. The molecular weight excluding hydrogens is 232 g/mol. The number of hydrogen-bond acceptors (Lipinski definition) is 6. The van der Waals surface area contributed by atoms with Crippen molar-refractivity contribution in [3.8, 4) is 0 Å². The van der Waals surface area contributed by atoms with Crippen LogP contribution in [0.15, 0.2) is 29.2 Å². The van der Waals surface area contributed by atoms with Crippen molar-refractivity contribution in [2.24, 2.45) is 0 Å². The summed E-state index contributed by atoms with van der Waals surface area (Å²) in [5, 5.41) is 11.4. The van der Waals surface area contributed by atoms with Gasteiger partial charge in [-0.2, -0.15) is 0 Å². The van der Waals surface area contributed by atoms with Gasteiger partial charge in [0.1, 0.15) is 0 Å². The van der Waals surface area contributed by atoms with Crippen LogP contribution in [0.5, 0.6) is 0 Å². The number of ketones is 2. The number of carbonyl (C=O) groups is 2. The highest BCUT2D eigenvalue weighted by Gasteiger charge is 2.28. The van der Waals surface area contributed by atoms with E-state index in [2.05, 4.69) is 9.37 Å². The van der Waals surface area contributed by atoms with Crippen LogP contribution < -0.4 is 0 Å². The van der Waals surface area contributed by atoms with E-state index in [4.69, 9.17) is 5.26 Å². The summed E-state index contributed by atoms with van der Waals surface area (Å²) in [6, 6.07) is 6.73. The molecule has 16 heavy (non-hydrogen) atoms. The van der Waals surface area contributed by atoms with Gasteiger partial charge in [-0.05, 0) is 11.6 Å². The molecule has 82 valence electrons. The molecule has 1 aliphatic rings. The van der Waals surface area contributed by atoms with Crippen LogP contribution in [-0.4, -0.2) is 16.8 Å². The zero-order chi connectivity index (χ0) is 11.5. The average molecular weight is 238 g/mol. The van der Waals surface area contributed by atoms with Crippen molar-refractivity contribution < 1.29 is 24.2 Å². The Labute approximate surface area is 94.7 Å². The summed E-state index contributed by atoms with van der Waals surface area (Å²) in [5.74, 6) is -1.28. The Bertz CT molecular complexity index is 480. The van der Waals surface area contributed by atoms with Crippen molar-refractivity contribution in [2.75, 3.05) is 0 Å². The van der Waals surface area contributed by atoms with Gasteiger partial charge >= 0.3 is 0 Å². The van der Waals surface area contributed by atoms with E-state index in [0.717, 1.165) is 0 Å². The normalized spacial score (nSPS) is 14.7. The summed E-state index contributed by atoms with van der Waals surface area (Å²) < 4.78 is 4.14. The number of benzene rings is 1. The lowest BCUT2D eigenvalue weighted by molar-refractivity contribution is -0.431. The lowest BCUT2D eigenvalue weighted by atomic mass is 9.95. The van der Waals surface area contributed by atoms with E-state index >= 15 is 0 Å². The molecule has 2 rings (SSSR count). The van der Waals surface area contributed by atoms with E-state index in [0.29, 0.717) is 23.2 Å². The number of hydrogen-bond donors (Lipinski definition) is 1. The monoisotopic (exact) mass is 238 g/mol. The van der Waals surface area contributed by atoms with Crippen LogP contribution in [0.4, 0.5) is 0 Å². The van der Waals surface area contributed by atoms with Gasteiger partial charge in [-0.3, -0.25) is 9.59 Å². The molecule has 0 atom stereocenters. The fourth-order valence-electron chi connectivity index (χ4n) is 1.38. The number of rotatable bonds is 3. The van der Waals surface area contributed by atoms with Gasteiger partial charge in [0, 0.05) is 5.56 Å². The molecule has 1 aromatic carbocycles. The Morgan fingerprint density at radius 3 is 2.62 bits per heavy atom. The lowest BCUT2D eigenvalue weighted by Crippen LogP contribution is -2.20. The Kier molecular flexibility index (Phi) is 3.16. The second-order valence-electron chi connectivity index (χ2n) is 2.98. The van der Waals surface area contributed by atoms with Crippen molar-refractivity contribution in [2.45, 2.75) is 0 Å². The molecule has 0 radical (unpaired) electrons. The van der Waals surface area contributed by atoms with Crippen molar-refractivity contribution >= 4 is 29.7 Å². The molecule has 0 fully saturated rings. The van der Waals surface area contributed by atoms with Crippen LogP contribution in [0.1, 0.15) is 15.9 Å². The summed E-state index contributed by atoms with van der Waals surface area (Å²) in [7, 11) is 0. The number of fused-ring (bicyclic) bond motifs is 1. The molecule has 1 aliphatic carbocycles. The van der Waals surface area contributed by atoms with Crippen molar-refractivity contribution in [1.82, 2.24) is 0 Å². The first-order valence-corrected chi connectivity index (χ1v) is 5.02. The van der Waals surface area contributed by atoms with Crippen molar-refractivity contribution in [1.29, 1.82) is 0 Å². The third-order valence-electron chi connectivity index (χ3n) is 2.08. The predicted molar refractivity (Wildman–Crippen MR) is 56.1 cm³/mol. The van der Waals surface area contributed by atoms with Crippen LogP contribution >= 0.6 is 12.0 Å². The van der Waals surface area contributed by atoms with E-state index in [1.165, 1.54) is 6.08 Å². The van der Waals surface area contributed by atoms with Crippen LogP contribution in [0.3, 0.4) is 0 Å². The highest BCUT2D eigenvalue weighted by Crippen LogP contribution is 2.28. The fourth-order valence-corrected chi connectivity index (χ4v) is 1.83. The van der Waals surface area contributed by atoms with Crippen LogP contribution in [0, 0.1) is 0 Å². The smallest absolute Gasteiger partial charge is 0.242 e. The summed E-state index contributed by atoms with van der Waals surface area (Å²) in [5.41, 5.74) is 0.998. The third kappa shape index (κ3) is 1.91.